The molecule has 0 saturated carbocycles. The molecule has 162 valence electrons. The first-order valence-corrected chi connectivity index (χ1v) is 11.8. The zero-order valence-electron chi connectivity index (χ0n) is 17.6. The summed E-state index contributed by atoms with van der Waals surface area (Å²) >= 11 is 4.74. The zero-order chi connectivity index (χ0) is 22.7. The molecule has 3 aromatic rings. The van der Waals surface area contributed by atoms with Crippen molar-refractivity contribution >= 4 is 45.4 Å². The smallest absolute Gasteiger partial charge is 0.338 e. The molecule has 0 fully saturated rings. The Labute approximate surface area is 197 Å². The van der Waals surface area contributed by atoms with Gasteiger partial charge in [0.25, 0.3) is 5.56 Å². The zero-order valence-corrected chi connectivity index (χ0v) is 20.0. The highest BCUT2D eigenvalue weighted by Crippen LogP contribution is 2.30. The molecule has 0 unspecified atom stereocenters. The van der Waals surface area contributed by atoms with Gasteiger partial charge in [0.1, 0.15) is 0 Å². The Morgan fingerprint density at radius 3 is 2.59 bits per heavy atom. The van der Waals surface area contributed by atoms with E-state index in [-0.39, 0.29) is 12.2 Å². The summed E-state index contributed by atoms with van der Waals surface area (Å²) in [5.41, 5.74) is 2.64. The molecule has 2 heterocycles. The van der Waals surface area contributed by atoms with E-state index in [0.29, 0.717) is 20.6 Å². The van der Waals surface area contributed by atoms with Crippen LogP contribution in [-0.4, -0.2) is 17.1 Å². The molecule has 1 atom stereocenters. The molecule has 7 heteroatoms. The van der Waals surface area contributed by atoms with Gasteiger partial charge in [0.2, 0.25) is 0 Å². The van der Waals surface area contributed by atoms with Crippen LogP contribution in [0.15, 0.2) is 86.2 Å². The van der Waals surface area contributed by atoms with Gasteiger partial charge in [-0.2, -0.15) is 0 Å². The van der Waals surface area contributed by atoms with Crippen molar-refractivity contribution in [2.24, 2.45) is 4.99 Å². The van der Waals surface area contributed by atoms with Gasteiger partial charge in [0.15, 0.2) is 4.80 Å². The van der Waals surface area contributed by atoms with Crippen LogP contribution in [0, 0.1) is 0 Å². The molecule has 0 spiro atoms. The normalized spacial score (nSPS) is 16.2. The van der Waals surface area contributed by atoms with Crippen molar-refractivity contribution in [3.63, 3.8) is 0 Å². The molecule has 0 N–H and O–H groups in total. The molecule has 0 aliphatic carbocycles. The molecule has 32 heavy (non-hydrogen) atoms. The number of benzene rings is 2. The summed E-state index contributed by atoms with van der Waals surface area (Å²) in [5.74, 6) is -0.452. The highest BCUT2D eigenvalue weighted by Gasteiger charge is 2.33. The van der Waals surface area contributed by atoms with Crippen LogP contribution in [0.3, 0.4) is 0 Å². The van der Waals surface area contributed by atoms with Crippen LogP contribution in [0.4, 0.5) is 0 Å². The SMILES string of the molecule is CCOC(=O)C1=C(C)N=c2sc(=C/C=C\c3ccc(Br)cc3)c(=O)n2[C@H]1c1ccccc1. The summed E-state index contributed by atoms with van der Waals surface area (Å²) < 4.78 is 8.45. The summed E-state index contributed by atoms with van der Waals surface area (Å²) in [4.78, 5) is 31.3. The second-order valence-electron chi connectivity index (χ2n) is 7.15. The van der Waals surface area contributed by atoms with Crippen molar-refractivity contribution in [1.29, 1.82) is 0 Å². The molecule has 4 rings (SSSR count). The Hall–Kier alpha value is -3.03. The number of fused-ring (bicyclic) bond motifs is 1. The first-order chi connectivity index (χ1) is 15.5. The summed E-state index contributed by atoms with van der Waals surface area (Å²) in [6, 6.07) is 16.8. The molecular weight excluding hydrogens is 488 g/mol. The maximum Gasteiger partial charge on any atom is 0.338 e. The summed E-state index contributed by atoms with van der Waals surface area (Å²) in [7, 11) is 0. The van der Waals surface area contributed by atoms with E-state index >= 15 is 0 Å². The van der Waals surface area contributed by atoms with Gasteiger partial charge in [-0.1, -0.05) is 81.9 Å². The van der Waals surface area contributed by atoms with Gasteiger partial charge in [0.05, 0.1) is 28.5 Å². The Morgan fingerprint density at radius 1 is 1.19 bits per heavy atom. The Bertz CT molecular complexity index is 1380. The van der Waals surface area contributed by atoms with Gasteiger partial charge < -0.3 is 4.74 Å². The number of ether oxygens (including phenoxy) is 1. The second-order valence-corrected chi connectivity index (χ2v) is 9.07. The minimum atomic E-state index is -0.580. The van der Waals surface area contributed by atoms with Crippen LogP contribution in [0.2, 0.25) is 0 Å². The van der Waals surface area contributed by atoms with Crippen LogP contribution in [0.25, 0.3) is 12.2 Å². The van der Waals surface area contributed by atoms with Crippen LogP contribution in [0.5, 0.6) is 0 Å². The molecular formula is C25H21BrN2O3S. The van der Waals surface area contributed by atoms with Crippen LogP contribution >= 0.6 is 27.3 Å². The number of carbonyl (C=O) groups excluding carboxylic acids is 1. The fourth-order valence-electron chi connectivity index (χ4n) is 3.58. The lowest BCUT2D eigenvalue weighted by molar-refractivity contribution is -0.139. The quantitative estimate of drug-likeness (QED) is 0.484. The van der Waals surface area contributed by atoms with Crippen molar-refractivity contribution < 1.29 is 9.53 Å². The summed E-state index contributed by atoms with van der Waals surface area (Å²) in [6.07, 6.45) is 5.58. The molecule has 0 radical (unpaired) electrons. The van der Waals surface area contributed by atoms with E-state index in [2.05, 4.69) is 20.9 Å². The lowest BCUT2D eigenvalue weighted by Crippen LogP contribution is -2.39. The van der Waals surface area contributed by atoms with Gasteiger partial charge in [-0.15, -0.1) is 0 Å². The lowest BCUT2D eigenvalue weighted by atomic mass is 9.96. The number of nitrogens with zero attached hydrogens (tertiary/aromatic N) is 2. The molecule has 1 aromatic heterocycles. The topological polar surface area (TPSA) is 60.7 Å². The number of allylic oxidation sites excluding steroid dienone is 2. The average Bonchev–Trinajstić information content (AvgIpc) is 3.09. The van der Waals surface area contributed by atoms with Crippen molar-refractivity contribution in [3.8, 4) is 0 Å². The molecule has 1 aliphatic rings. The van der Waals surface area contributed by atoms with E-state index < -0.39 is 12.0 Å². The molecule has 1 aliphatic heterocycles. The number of esters is 1. The third-order valence-corrected chi connectivity index (χ3v) is 6.57. The largest absolute Gasteiger partial charge is 0.463 e. The minimum absolute atomic E-state index is 0.183. The summed E-state index contributed by atoms with van der Waals surface area (Å²) in [5, 5.41) is 0. The monoisotopic (exact) mass is 508 g/mol. The van der Waals surface area contributed by atoms with Gasteiger partial charge in [-0.25, -0.2) is 9.79 Å². The number of carbonyl (C=O) groups is 1. The Kier molecular flexibility index (Phi) is 6.67. The predicted molar refractivity (Wildman–Crippen MR) is 131 cm³/mol. The minimum Gasteiger partial charge on any atom is -0.463 e. The molecule has 0 saturated heterocycles. The van der Waals surface area contributed by atoms with Gasteiger partial charge in [0, 0.05) is 4.47 Å². The highest BCUT2D eigenvalue weighted by molar-refractivity contribution is 9.10. The van der Waals surface area contributed by atoms with Crippen LogP contribution in [-0.2, 0) is 9.53 Å². The number of halogens is 1. The second kappa shape index (κ2) is 9.63. The maximum absolute atomic E-state index is 13.4. The van der Waals surface area contributed by atoms with E-state index in [0.717, 1.165) is 15.6 Å². The number of rotatable bonds is 5. The molecule has 5 nitrogen and oxygen atoms in total. The van der Waals surface area contributed by atoms with E-state index in [1.165, 1.54) is 11.3 Å². The average molecular weight is 509 g/mol. The number of thiazole rings is 1. The van der Waals surface area contributed by atoms with Gasteiger partial charge in [-0.3, -0.25) is 9.36 Å². The Morgan fingerprint density at radius 2 is 1.91 bits per heavy atom. The molecule has 0 amide bonds. The fourth-order valence-corrected chi connectivity index (χ4v) is 4.84. The standard InChI is InChI=1S/C25H21BrN2O3S/c1-3-31-24(30)21-16(2)27-25-28(22(21)18-9-5-4-6-10-18)23(29)20(32-25)11-7-8-17-12-14-19(26)15-13-17/h4-15,22H,3H2,1-2H3/b8-7-,20-11?/t22-/m0/s1. The predicted octanol–water partition coefficient (Wildman–Crippen LogP) is 4.23. The van der Waals surface area contributed by atoms with Gasteiger partial charge in [-0.05, 0) is 43.2 Å². The van der Waals surface area contributed by atoms with E-state index in [1.54, 1.807) is 24.5 Å². The van der Waals surface area contributed by atoms with Crippen molar-refractivity contribution in [1.82, 2.24) is 4.57 Å². The number of hydrogen-bond acceptors (Lipinski definition) is 5. The lowest BCUT2D eigenvalue weighted by Gasteiger charge is -2.24. The van der Waals surface area contributed by atoms with E-state index in [4.69, 9.17) is 4.74 Å². The summed E-state index contributed by atoms with van der Waals surface area (Å²) in [6.45, 7) is 3.80. The van der Waals surface area contributed by atoms with Crippen molar-refractivity contribution in [2.45, 2.75) is 19.9 Å². The molecule has 0 bridgehead atoms. The fraction of sp³-hybridized carbons (Fsp3) is 0.160. The van der Waals surface area contributed by atoms with Crippen LogP contribution < -0.4 is 14.9 Å². The third kappa shape index (κ3) is 4.45. The first-order valence-electron chi connectivity index (χ1n) is 10.2. The van der Waals surface area contributed by atoms with Gasteiger partial charge >= 0.3 is 5.97 Å². The first kappa shape index (κ1) is 22.2. The third-order valence-electron chi connectivity index (χ3n) is 5.04. The molecule has 2 aromatic carbocycles. The van der Waals surface area contributed by atoms with Crippen LogP contribution in [0.1, 0.15) is 31.0 Å². The van der Waals surface area contributed by atoms with E-state index in [9.17, 15) is 9.59 Å². The van der Waals surface area contributed by atoms with Crippen molar-refractivity contribution in [3.05, 3.63) is 107 Å². The van der Waals surface area contributed by atoms with Crippen molar-refractivity contribution in [2.75, 3.05) is 6.61 Å². The number of aromatic nitrogens is 1. The maximum atomic E-state index is 13.4. The number of hydrogen-bond donors (Lipinski definition) is 0. The van der Waals surface area contributed by atoms with E-state index in [1.807, 2.05) is 66.7 Å². The Balaban J connectivity index is 1.83. The highest BCUT2D eigenvalue weighted by atomic mass is 79.9.